The van der Waals surface area contributed by atoms with Crippen LogP contribution in [0.4, 0.5) is 0 Å². The maximum atomic E-state index is 12.3. The van der Waals surface area contributed by atoms with Gasteiger partial charge in [-0.15, -0.1) is 11.3 Å². The molecule has 7 heteroatoms. The second kappa shape index (κ2) is 8.44. The summed E-state index contributed by atoms with van der Waals surface area (Å²) in [5.41, 5.74) is 1.87. The summed E-state index contributed by atoms with van der Waals surface area (Å²) >= 11 is 1.46. The van der Waals surface area contributed by atoms with Crippen LogP contribution in [0, 0.1) is 0 Å². The van der Waals surface area contributed by atoms with Crippen molar-refractivity contribution in [3.63, 3.8) is 0 Å². The number of nitrogens with zero attached hydrogens (tertiary/aromatic N) is 2. The monoisotopic (exact) mass is 370 g/mol. The Morgan fingerprint density at radius 2 is 2.08 bits per heavy atom. The minimum absolute atomic E-state index is 0.0949. The molecule has 0 saturated heterocycles. The topological polar surface area (TPSA) is 70.5 Å². The molecule has 0 bridgehead atoms. The third kappa shape index (κ3) is 4.18. The molecule has 2 heterocycles. The van der Waals surface area contributed by atoms with Crippen molar-refractivity contribution in [1.29, 1.82) is 0 Å². The molecule has 3 aromatic rings. The maximum absolute atomic E-state index is 12.3. The van der Waals surface area contributed by atoms with Crippen LogP contribution in [0.1, 0.15) is 23.0 Å². The molecule has 2 aromatic heterocycles. The van der Waals surface area contributed by atoms with Crippen LogP contribution in [0.25, 0.3) is 10.7 Å². The number of thiazole rings is 1. The first-order valence-corrected chi connectivity index (χ1v) is 8.93. The fraction of sp³-hybridized carbons (Fsp3) is 0.211. The zero-order chi connectivity index (χ0) is 18.4. The molecular formula is C19H18N2O4S. The van der Waals surface area contributed by atoms with Gasteiger partial charge < -0.3 is 14.2 Å². The van der Waals surface area contributed by atoms with Gasteiger partial charge in [0.2, 0.25) is 0 Å². The number of benzene rings is 1. The van der Waals surface area contributed by atoms with Gasteiger partial charge in [-0.25, -0.2) is 9.78 Å². The van der Waals surface area contributed by atoms with Crippen molar-refractivity contribution in [2.24, 2.45) is 0 Å². The second-order valence-electron chi connectivity index (χ2n) is 5.23. The number of ether oxygens (including phenoxy) is 3. The summed E-state index contributed by atoms with van der Waals surface area (Å²) in [4.78, 5) is 21.0. The largest absolute Gasteiger partial charge is 0.493 e. The average Bonchev–Trinajstić information content (AvgIpc) is 3.16. The van der Waals surface area contributed by atoms with Gasteiger partial charge in [0.25, 0.3) is 0 Å². The predicted octanol–water partition coefficient (Wildman–Crippen LogP) is 3.97. The molecule has 0 N–H and O–H groups in total. The number of pyridine rings is 1. The highest BCUT2D eigenvalue weighted by Gasteiger charge is 2.13. The lowest BCUT2D eigenvalue weighted by atomic mass is 10.2. The van der Waals surface area contributed by atoms with Crippen molar-refractivity contribution >= 4 is 17.3 Å². The van der Waals surface area contributed by atoms with Gasteiger partial charge in [0.05, 0.1) is 30.7 Å². The number of hydrogen-bond acceptors (Lipinski definition) is 7. The lowest BCUT2D eigenvalue weighted by Crippen LogP contribution is -2.06. The summed E-state index contributed by atoms with van der Waals surface area (Å²) in [6, 6.07) is 10.6. The summed E-state index contributed by atoms with van der Waals surface area (Å²) < 4.78 is 16.0. The summed E-state index contributed by atoms with van der Waals surface area (Å²) in [5.74, 6) is 0.636. The number of rotatable bonds is 7. The molecule has 0 spiro atoms. The van der Waals surface area contributed by atoms with Gasteiger partial charge in [-0.1, -0.05) is 6.07 Å². The summed E-state index contributed by atoms with van der Waals surface area (Å²) in [7, 11) is 1.53. The molecule has 0 saturated carbocycles. The van der Waals surface area contributed by atoms with Crippen LogP contribution in [0.3, 0.4) is 0 Å². The summed E-state index contributed by atoms with van der Waals surface area (Å²) in [6.45, 7) is 2.50. The van der Waals surface area contributed by atoms with E-state index in [0.717, 1.165) is 10.7 Å². The van der Waals surface area contributed by atoms with E-state index in [0.29, 0.717) is 29.4 Å². The van der Waals surface area contributed by atoms with Gasteiger partial charge in [0.1, 0.15) is 11.6 Å². The molecule has 134 valence electrons. The smallest absolute Gasteiger partial charge is 0.338 e. The van der Waals surface area contributed by atoms with Crippen molar-refractivity contribution in [2.75, 3.05) is 13.7 Å². The molecular weight excluding hydrogens is 352 g/mol. The van der Waals surface area contributed by atoms with Crippen LogP contribution in [0.15, 0.2) is 48.0 Å². The Morgan fingerprint density at radius 3 is 2.81 bits per heavy atom. The lowest BCUT2D eigenvalue weighted by molar-refractivity contribution is 0.0468. The van der Waals surface area contributed by atoms with Crippen LogP contribution in [-0.4, -0.2) is 29.7 Å². The van der Waals surface area contributed by atoms with Gasteiger partial charge in [-0.05, 0) is 37.3 Å². The van der Waals surface area contributed by atoms with Crippen LogP contribution >= 0.6 is 11.3 Å². The van der Waals surface area contributed by atoms with Crippen molar-refractivity contribution in [1.82, 2.24) is 9.97 Å². The van der Waals surface area contributed by atoms with Crippen LogP contribution in [0.5, 0.6) is 11.5 Å². The normalized spacial score (nSPS) is 10.4. The molecule has 3 rings (SSSR count). The van der Waals surface area contributed by atoms with Crippen LogP contribution in [-0.2, 0) is 11.3 Å². The van der Waals surface area contributed by atoms with Crippen LogP contribution < -0.4 is 9.47 Å². The predicted molar refractivity (Wildman–Crippen MR) is 98.6 cm³/mol. The number of aromatic nitrogens is 2. The second-order valence-corrected chi connectivity index (χ2v) is 6.09. The molecule has 1 aromatic carbocycles. The van der Waals surface area contributed by atoms with E-state index in [4.69, 9.17) is 14.2 Å². The quantitative estimate of drug-likeness (QED) is 0.586. The molecule has 0 aliphatic heterocycles. The molecule has 0 aliphatic rings. The highest BCUT2D eigenvalue weighted by Crippen LogP contribution is 2.28. The highest BCUT2D eigenvalue weighted by molar-refractivity contribution is 7.13. The minimum atomic E-state index is -0.446. The minimum Gasteiger partial charge on any atom is -0.493 e. The van der Waals surface area contributed by atoms with Crippen LogP contribution in [0.2, 0.25) is 0 Å². The molecule has 0 unspecified atom stereocenters. The Kier molecular flexibility index (Phi) is 5.80. The van der Waals surface area contributed by atoms with Gasteiger partial charge in [-0.2, -0.15) is 0 Å². The number of methoxy groups -OCH3 is 1. The van der Waals surface area contributed by atoms with Crippen molar-refractivity contribution < 1.29 is 19.0 Å². The lowest BCUT2D eigenvalue weighted by Gasteiger charge is -2.10. The SMILES string of the molecule is CCOc1ccc(C(=O)OCc2csc(-c3ccccn3)n2)cc1OC. The fourth-order valence-corrected chi connectivity index (χ4v) is 3.05. The first-order valence-electron chi connectivity index (χ1n) is 8.05. The van der Waals surface area contributed by atoms with E-state index in [9.17, 15) is 4.79 Å². The molecule has 0 atom stereocenters. The van der Waals surface area contributed by atoms with E-state index in [2.05, 4.69) is 9.97 Å². The number of esters is 1. The zero-order valence-corrected chi connectivity index (χ0v) is 15.3. The number of carbonyl (C=O) groups is 1. The molecule has 6 nitrogen and oxygen atoms in total. The Bertz CT molecular complexity index is 880. The Hall–Kier alpha value is -2.93. The third-order valence-corrected chi connectivity index (χ3v) is 4.40. The Morgan fingerprint density at radius 1 is 1.19 bits per heavy atom. The van der Waals surface area contributed by atoms with E-state index in [1.807, 2.05) is 30.5 Å². The van der Waals surface area contributed by atoms with Crippen molar-refractivity contribution in [3.05, 3.63) is 59.2 Å². The van der Waals surface area contributed by atoms with Crippen molar-refractivity contribution in [3.8, 4) is 22.2 Å². The fourth-order valence-electron chi connectivity index (χ4n) is 2.27. The molecule has 26 heavy (non-hydrogen) atoms. The molecule has 0 aliphatic carbocycles. The molecule has 0 radical (unpaired) electrons. The maximum Gasteiger partial charge on any atom is 0.338 e. The van der Waals surface area contributed by atoms with E-state index in [-0.39, 0.29) is 6.61 Å². The summed E-state index contributed by atoms with van der Waals surface area (Å²) in [6.07, 6.45) is 1.72. The average molecular weight is 370 g/mol. The van der Waals surface area contributed by atoms with E-state index in [1.165, 1.54) is 18.4 Å². The first-order chi connectivity index (χ1) is 12.7. The molecule has 0 amide bonds. The van der Waals surface area contributed by atoms with Crippen molar-refractivity contribution in [2.45, 2.75) is 13.5 Å². The van der Waals surface area contributed by atoms with E-state index >= 15 is 0 Å². The Labute approximate surface area is 155 Å². The summed E-state index contributed by atoms with van der Waals surface area (Å²) in [5, 5.41) is 2.65. The Balaban J connectivity index is 1.65. The van der Waals surface area contributed by atoms with E-state index < -0.39 is 5.97 Å². The first kappa shape index (κ1) is 17.9. The molecule has 0 fully saturated rings. The van der Waals surface area contributed by atoms with Gasteiger partial charge >= 0.3 is 5.97 Å². The highest BCUT2D eigenvalue weighted by atomic mass is 32.1. The standard InChI is InChI=1S/C19H18N2O4S/c1-3-24-16-8-7-13(10-17(16)23-2)19(22)25-11-14-12-26-18(21-14)15-6-4-5-9-20-15/h4-10,12H,3,11H2,1-2H3. The third-order valence-electron chi connectivity index (χ3n) is 3.49. The number of carbonyl (C=O) groups excluding carboxylic acids is 1. The van der Waals surface area contributed by atoms with E-state index in [1.54, 1.807) is 24.4 Å². The van der Waals surface area contributed by atoms with Gasteiger partial charge in [0.15, 0.2) is 11.5 Å². The zero-order valence-electron chi connectivity index (χ0n) is 14.5. The van der Waals surface area contributed by atoms with Gasteiger partial charge in [0, 0.05) is 11.6 Å². The van der Waals surface area contributed by atoms with Gasteiger partial charge in [-0.3, -0.25) is 4.98 Å². The number of hydrogen-bond donors (Lipinski definition) is 0.